The standard InChI is InChI=1S/C20H23NO5/c1-6-10-21-13(3)18(20(23)26-7-2)16(19(21)22)11-14-8-9-15(24-4)12-17(14)25-5/h6,8-9,11-12H,1,7,10H2,2-5H3/b16-11-. The van der Waals surface area contributed by atoms with Gasteiger partial charge in [0.15, 0.2) is 0 Å². The van der Waals surface area contributed by atoms with Crippen molar-refractivity contribution in [2.45, 2.75) is 13.8 Å². The minimum atomic E-state index is -0.524. The maximum atomic E-state index is 12.8. The zero-order valence-corrected chi connectivity index (χ0v) is 15.5. The van der Waals surface area contributed by atoms with Crippen molar-refractivity contribution in [3.63, 3.8) is 0 Å². The van der Waals surface area contributed by atoms with Crippen LogP contribution in [-0.4, -0.2) is 44.1 Å². The number of allylic oxidation sites excluding steroid dienone is 1. The van der Waals surface area contributed by atoms with E-state index in [9.17, 15) is 9.59 Å². The average molecular weight is 357 g/mol. The molecule has 1 aliphatic heterocycles. The molecule has 1 aromatic carbocycles. The largest absolute Gasteiger partial charge is 0.497 e. The Morgan fingerprint density at radius 1 is 1.27 bits per heavy atom. The van der Waals surface area contributed by atoms with E-state index in [1.165, 1.54) is 12.0 Å². The van der Waals surface area contributed by atoms with Crippen molar-refractivity contribution in [3.05, 3.63) is 53.3 Å². The molecular formula is C20H23NO5. The molecule has 0 saturated heterocycles. The minimum Gasteiger partial charge on any atom is -0.497 e. The van der Waals surface area contributed by atoms with Gasteiger partial charge in [0.25, 0.3) is 5.91 Å². The van der Waals surface area contributed by atoms with Crippen LogP contribution in [0.4, 0.5) is 0 Å². The Morgan fingerprint density at radius 3 is 2.58 bits per heavy atom. The number of carbonyl (C=O) groups is 2. The second-order valence-corrected chi connectivity index (χ2v) is 5.55. The van der Waals surface area contributed by atoms with Gasteiger partial charge in [0.1, 0.15) is 11.5 Å². The van der Waals surface area contributed by atoms with Crippen LogP contribution in [0.15, 0.2) is 47.7 Å². The molecule has 0 aliphatic carbocycles. The summed E-state index contributed by atoms with van der Waals surface area (Å²) in [7, 11) is 3.09. The van der Waals surface area contributed by atoms with Gasteiger partial charge in [-0.15, -0.1) is 6.58 Å². The fourth-order valence-corrected chi connectivity index (χ4v) is 2.77. The normalized spacial score (nSPS) is 15.5. The lowest BCUT2D eigenvalue weighted by Gasteiger charge is -2.14. The topological polar surface area (TPSA) is 65.1 Å². The summed E-state index contributed by atoms with van der Waals surface area (Å²) < 4.78 is 15.7. The lowest BCUT2D eigenvalue weighted by Crippen LogP contribution is -2.25. The fraction of sp³-hybridized carbons (Fsp3) is 0.300. The second-order valence-electron chi connectivity index (χ2n) is 5.55. The lowest BCUT2D eigenvalue weighted by molar-refractivity contribution is -0.138. The van der Waals surface area contributed by atoms with Crippen LogP contribution in [0.1, 0.15) is 19.4 Å². The number of methoxy groups -OCH3 is 2. The first-order valence-electron chi connectivity index (χ1n) is 8.23. The molecule has 0 fully saturated rings. The number of benzene rings is 1. The number of esters is 1. The van der Waals surface area contributed by atoms with Crippen LogP contribution in [0, 0.1) is 0 Å². The van der Waals surface area contributed by atoms with Gasteiger partial charge in [0.05, 0.1) is 32.0 Å². The molecule has 1 aromatic rings. The summed E-state index contributed by atoms with van der Waals surface area (Å²) >= 11 is 0. The first kappa shape index (κ1) is 19.3. The highest BCUT2D eigenvalue weighted by Gasteiger charge is 2.36. The smallest absolute Gasteiger partial charge is 0.340 e. The van der Waals surface area contributed by atoms with E-state index in [1.54, 1.807) is 51.3 Å². The first-order valence-corrected chi connectivity index (χ1v) is 8.23. The number of amides is 1. The molecule has 0 bridgehead atoms. The number of hydrogen-bond donors (Lipinski definition) is 0. The van der Waals surface area contributed by atoms with Gasteiger partial charge in [0.2, 0.25) is 0 Å². The SMILES string of the molecule is C=CCN1C(=O)/C(=C\c2ccc(OC)cc2OC)C(C(=O)OCC)=C1C. The van der Waals surface area contributed by atoms with Gasteiger partial charge in [-0.3, -0.25) is 4.79 Å². The Balaban J connectivity index is 2.57. The molecule has 26 heavy (non-hydrogen) atoms. The molecule has 0 spiro atoms. The van der Waals surface area contributed by atoms with Gasteiger partial charge in [-0.05, 0) is 32.1 Å². The Bertz CT molecular complexity index is 791. The quantitative estimate of drug-likeness (QED) is 0.426. The molecule has 6 heteroatoms. The van der Waals surface area contributed by atoms with Crippen molar-refractivity contribution >= 4 is 18.0 Å². The molecule has 1 amide bonds. The Morgan fingerprint density at radius 2 is 2.00 bits per heavy atom. The van der Waals surface area contributed by atoms with Crippen molar-refractivity contribution in [1.82, 2.24) is 4.90 Å². The molecule has 2 rings (SSSR count). The van der Waals surface area contributed by atoms with Crippen molar-refractivity contribution in [2.24, 2.45) is 0 Å². The van der Waals surface area contributed by atoms with E-state index in [0.29, 0.717) is 29.3 Å². The second kappa shape index (κ2) is 8.38. The van der Waals surface area contributed by atoms with Gasteiger partial charge in [-0.25, -0.2) is 4.79 Å². The number of ether oxygens (including phenoxy) is 3. The van der Waals surface area contributed by atoms with E-state index in [4.69, 9.17) is 14.2 Å². The third-order valence-corrected chi connectivity index (χ3v) is 4.04. The third kappa shape index (κ3) is 3.64. The van der Waals surface area contributed by atoms with Gasteiger partial charge in [0, 0.05) is 23.9 Å². The predicted octanol–water partition coefficient (Wildman–Crippen LogP) is 2.95. The van der Waals surface area contributed by atoms with Gasteiger partial charge >= 0.3 is 5.97 Å². The van der Waals surface area contributed by atoms with Crippen molar-refractivity contribution < 1.29 is 23.8 Å². The molecule has 0 aromatic heterocycles. The summed E-state index contributed by atoms with van der Waals surface area (Å²) in [6, 6.07) is 5.25. The van der Waals surface area contributed by atoms with Crippen LogP contribution < -0.4 is 9.47 Å². The molecule has 0 unspecified atom stereocenters. The highest BCUT2D eigenvalue weighted by Crippen LogP contribution is 2.34. The molecule has 0 N–H and O–H groups in total. The number of carbonyl (C=O) groups excluding carboxylic acids is 2. The Labute approximate surface area is 153 Å². The van der Waals surface area contributed by atoms with Crippen LogP contribution >= 0.6 is 0 Å². The van der Waals surface area contributed by atoms with Crippen LogP contribution in [-0.2, 0) is 14.3 Å². The van der Waals surface area contributed by atoms with Crippen molar-refractivity contribution in [1.29, 1.82) is 0 Å². The summed E-state index contributed by atoms with van der Waals surface area (Å²) in [4.78, 5) is 26.8. The summed E-state index contributed by atoms with van der Waals surface area (Å²) in [6.45, 7) is 7.65. The zero-order chi connectivity index (χ0) is 19.3. The predicted molar refractivity (Wildman–Crippen MR) is 98.8 cm³/mol. The van der Waals surface area contributed by atoms with Gasteiger partial charge in [-0.1, -0.05) is 6.08 Å². The minimum absolute atomic E-state index is 0.227. The van der Waals surface area contributed by atoms with Gasteiger partial charge < -0.3 is 19.1 Å². The molecule has 1 aliphatic rings. The van der Waals surface area contributed by atoms with Gasteiger partial charge in [-0.2, -0.15) is 0 Å². The monoisotopic (exact) mass is 357 g/mol. The van der Waals surface area contributed by atoms with Crippen LogP contribution in [0.3, 0.4) is 0 Å². The highest BCUT2D eigenvalue weighted by atomic mass is 16.5. The average Bonchev–Trinajstić information content (AvgIpc) is 2.87. The summed E-state index contributed by atoms with van der Waals surface area (Å²) in [5, 5.41) is 0. The maximum Gasteiger partial charge on any atom is 0.340 e. The molecular weight excluding hydrogens is 334 g/mol. The lowest BCUT2D eigenvalue weighted by atomic mass is 10.0. The number of nitrogens with zero attached hydrogens (tertiary/aromatic N) is 1. The Kier molecular flexibility index (Phi) is 6.22. The Hall–Kier alpha value is -3.02. The summed E-state index contributed by atoms with van der Waals surface area (Å²) in [5.74, 6) is 0.368. The molecule has 0 radical (unpaired) electrons. The molecule has 138 valence electrons. The zero-order valence-electron chi connectivity index (χ0n) is 15.5. The van der Waals surface area contributed by atoms with E-state index >= 15 is 0 Å². The van der Waals surface area contributed by atoms with Crippen molar-refractivity contribution in [3.8, 4) is 11.5 Å². The first-order chi connectivity index (χ1) is 12.5. The van der Waals surface area contributed by atoms with E-state index < -0.39 is 5.97 Å². The van der Waals surface area contributed by atoms with E-state index in [2.05, 4.69) is 6.58 Å². The fourth-order valence-electron chi connectivity index (χ4n) is 2.77. The third-order valence-electron chi connectivity index (χ3n) is 4.04. The maximum absolute atomic E-state index is 12.8. The molecule has 1 heterocycles. The van der Waals surface area contributed by atoms with E-state index in [0.717, 1.165) is 0 Å². The number of rotatable bonds is 7. The molecule has 6 nitrogen and oxygen atoms in total. The summed E-state index contributed by atoms with van der Waals surface area (Å²) in [5.41, 5.74) is 1.74. The molecule has 0 atom stereocenters. The summed E-state index contributed by atoms with van der Waals surface area (Å²) in [6.07, 6.45) is 3.25. The molecule has 0 saturated carbocycles. The number of hydrogen-bond acceptors (Lipinski definition) is 5. The van der Waals surface area contributed by atoms with E-state index in [1.807, 2.05) is 0 Å². The van der Waals surface area contributed by atoms with E-state index in [-0.39, 0.29) is 23.7 Å². The van der Waals surface area contributed by atoms with Crippen LogP contribution in [0.25, 0.3) is 6.08 Å². The van der Waals surface area contributed by atoms with Crippen LogP contribution in [0.2, 0.25) is 0 Å². The highest BCUT2D eigenvalue weighted by molar-refractivity contribution is 6.16. The van der Waals surface area contributed by atoms with Crippen LogP contribution in [0.5, 0.6) is 11.5 Å². The van der Waals surface area contributed by atoms with Crippen molar-refractivity contribution in [2.75, 3.05) is 27.4 Å².